The lowest BCUT2D eigenvalue weighted by Crippen LogP contribution is -1.73. The van der Waals surface area contributed by atoms with Crippen molar-refractivity contribution in [3.8, 4) is 0 Å². The van der Waals surface area contributed by atoms with E-state index in [1.54, 1.807) is 12.1 Å². The van der Waals surface area contributed by atoms with Gasteiger partial charge in [-0.3, -0.25) is 4.79 Å². The third-order valence-electron chi connectivity index (χ3n) is 1.34. The summed E-state index contributed by atoms with van der Waals surface area (Å²) in [6, 6.07) is 9.10. The maximum absolute atomic E-state index is 10.0. The molecule has 0 unspecified atom stereocenters. The van der Waals surface area contributed by atoms with Crippen molar-refractivity contribution in [3.05, 3.63) is 35.9 Å². The molecule has 3 nitrogen and oxygen atoms in total. The van der Waals surface area contributed by atoms with Crippen molar-refractivity contribution < 1.29 is 14.4 Å². The molecule has 1 aromatic rings. The maximum atomic E-state index is 10.0. The van der Waals surface area contributed by atoms with Gasteiger partial charge in [0, 0.05) is 12.0 Å². The number of benzene rings is 1. The minimum Gasteiger partial charge on any atom is -0.304 e. The zero-order valence-corrected chi connectivity index (χ0v) is 9.76. The predicted octanol–water partition coefficient (Wildman–Crippen LogP) is 2.69. The van der Waals surface area contributed by atoms with Crippen molar-refractivity contribution in [2.24, 2.45) is 0 Å². The van der Waals surface area contributed by atoms with E-state index in [1.165, 1.54) is 6.92 Å². The maximum Gasteiger partial charge on any atom is 0.150 e. The first-order valence-corrected chi connectivity index (χ1v) is 5.10. The molecule has 0 N–H and O–H groups in total. The van der Waals surface area contributed by atoms with Crippen LogP contribution in [0.2, 0.25) is 0 Å². The molecule has 0 amide bonds. The quantitative estimate of drug-likeness (QED) is 0.739. The Morgan fingerprint density at radius 2 is 1.56 bits per heavy atom. The van der Waals surface area contributed by atoms with Crippen molar-refractivity contribution in [2.75, 3.05) is 0 Å². The van der Waals surface area contributed by atoms with Crippen molar-refractivity contribution in [1.29, 1.82) is 0 Å². The van der Waals surface area contributed by atoms with E-state index in [1.807, 2.05) is 25.1 Å². The van der Waals surface area contributed by atoms with Gasteiger partial charge >= 0.3 is 0 Å². The molecule has 1 rings (SSSR count). The lowest BCUT2D eigenvalue weighted by atomic mass is 10.2. The molecule has 1 aromatic carbocycles. The van der Waals surface area contributed by atoms with Gasteiger partial charge in [-0.1, -0.05) is 37.3 Å². The molecule has 0 aliphatic rings. The fourth-order valence-electron chi connectivity index (χ4n) is 0.649. The van der Waals surface area contributed by atoms with Gasteiger partial charge in [0.1, 0.15) is 18.9 Å². The van der Waals surface area contributed by atoms with E-state index >= 15 is 0 Å². The second-order valence-corrected chi connectivity index (χ2v) is 2.72. The summed E-state index contributed by atoms with van der Waals surface area (Å²) in [6.45, 7) is 3.42. The van der Waals surface area contributed by atoms with E-state index in [0.29, 0.717) is 6.42 Å². The van der Waals surface area contributed by atoms with Crippen molar-refractivity contribution in [3.63, 3.8) is 0 Å². The molecule has 0 saturated heterocycles. The summed E-state index contributed by atoms with van der Waals surface area (Å²) in [7, 11) is 0. The summed E-state index contributed by atoms with van der Waals surface area (Å²) >= 11 is 0. The molecule has 0 atom stereocenters. The third-order valence-corrected chi connectivity index (χ3v) is 1.34. The fourth-order valence-corrected chi connectivity index (χ4v) is 0.649. The second-order valence-electron chi connectivity index (χ2n) is 2.72. The Kier molecular flexibility index (Phi) is 16.3. The Hall–Kier alpha value is -1.77. The highest BCUT2D eigenvalue weighted by atomic mass is 16.1. The standard InChI is InChI=1S/C7H6O.C4H8O.C2H4O/c8-6-7-4-2-1-3-5-7;1-2-3-4-5;1-2-3/h1-6H;4H,2-3H2,1H3;2H,1H3. The van der Waals surface area contributed by atoms with Crippen LogP contribution < -0.4 is 0 Å². The van der Waals surface area contributed by atoms with Crippen LogP contribution in [0.1, 0.15) is 37.0 Å². The van der Waals surface area contributed by atoms with Gasteiger partial charge in [0.05, 0.1) is 0 Å². The van der Waals surface area contributed by atoms with E-state index in [9.17, 15) is 9.59 Å². The summed E-state index contributed by atoms with van der Waals surface area (Å²) in [4.78, 5) is 28.2. The number of aldehydes is 3. The first-order chi connectivity index (χ1) is 7.76. The SMILES string of the molecule is CC=O.CCCC=O.O=Cc1ccccc1. The summed E-state index contributed by atoms with van der Waals surface area (Å²) < 4.78 is 0. The van der Waals surface area contributed by atoms with E-state index in [4.69, 9.17) is 4.79 Å². The van der Waals surface area contributed by atoms with Crippen LogP contribution in [0.15, 0.2) is 30.3 Å². The third kappa shape index (κ3) is 14.7. The molecule has 0 heterocycles. The van der Waals surface area contributed by atoms with Crippen LogP contribution in [0.4, 0.5) is 0 Å². The van der Waals surface area contributed by atoms with E-state index in [-0.39, 0.29) is 0 Å². The highest BCUT2D eigenvalue weighted by molar-refractivity contribution is 5.74. The Morgan fingerprint density at radius 1 is 1.06 bits per heavy atom. The molecule has 0 aromatic heterocycles. The van der Waals surface area contributed by atoms with Crippen LogP contribution in [0, 0.1) is 0 Å². The number of carbonyl (C=O) groups is 3. The van der Waals surface area contributed by atoms with Crippen molar-refractivity contribution in [1.82, 2.24) is 0 Å². The zero-order chi connectivity index (χ0) is 12.6. The molecule has 3 heteroatoms. The Morgan fingerprint density at radius 3 is 1.75 bits per heavy atom. The molecule has 0 radical (unpaired) electrons. The van der Waals surface area contributed by atoms with Gasteiger partial charge in [-0.2, -0.15) is 0 Å². The van der Waals surface area contributed by atoms with Gasteiger partial charge in [0.2, 0.25) is 0 Å². The van der Waals surface area contributed by atoms with Gasteiger partial charge in [-0.15, -0.1) is 0 Å². The molecule has 0 fully saturated rings. The molecule has 0 saturated carbocycles. The average Bonchev–Trinajstić information content (AvgIpc) is 2.33. The first-order valence-electron chi connectivity index (χ1n) is 5.10. The first kappa shape index (κ1) is 16.7. The fraction of sp³-hybridized carbons (Fsp3) is 0.308. The van der Waals surface area contributed by atoms with Crippen LogP contribution in [0.5, 0.6) is 0 Å². The number of rotatable bonds is 3. The number of hydrogen-bond donors (Lipinski definition) is 0. The van der Waals surface area contributed by atoms with Gasteiger partial charge in [0.15, 0.2) is 0 Å². The lowest BCUT2D eigenvalue weighted by Gasteiger charge is -1.81. The molecule has 0 spiro atoms. The van der Waals surface area contributed by atoms with Crippen LogP contribution in [-0.4, -0.2) is 18.9 Å². The second kappa shape index (κ2) is 15.7. The highest BCUT2D eigenvalue weighted by Gasteiger charge is 1.80. The number of hydrogen-bond acceptors (Lipinski definition) is 3. The van der Waals surface area contributed by atoms with Gasteiger partial charge in [-0.05, 0) is 13.3 Å². The van der Waals surface area contributed by atoms with Crippen LogP contribution in [0.25, 0.3) is 0 Å². The lowest BCUT2D eigenvalue weighted by molar-refractivity contribution is -0.108. The highest BCUT2D eigenvalue weighted by Crippen LogP contribution is 1.91. The van der Waals surface area contributed by atoms with Crippen LogP contribution in [0.3, 0.4) is 0 Å². The topological polar surface area (TPSA) is 51.2 Å². The molecular weight excluding hydrogens is 204 g/mol. The molecule has 0 bridgehead atoms. The van der Waals surface area contributed by atoms with E-state index < -0.39 is 0 Å². The molecule has 88 valence electrons. The van der Waals surface area contributed by atoms with Crippen molar-refractivity contribution >= 4 is 18.9 Å². The van der Waals surface area contributed by atoms with Gasteiger partial charge in [0.25, 0.3) is 0 Å². The van der Waals surface area contributed by atoms with Crippen LogP contribution >= 0.6 is 0 Å². The summed E-state index contributed by atoms with van der Waals surface area (Å²) in [5.41, 5.74) is 0.729. The van der Waals surface area contributed by atoms with Gasteiger partial charge in [-0.25, -0.2) is 0 Å². The monoisotopic (exact) mass is 222 g/mol. The van der Waals surface area contributed by atoms with Gasteiger partial charge < -0.3 is 9.59 Å². The summed E-state index contributed by atoms with van der Waals surface area (Å²) in [5, 5.41) is 0. The largest absolute Gasteiger partial charge is 0.304 e. The minimum atomic E-state index is 0.708. The van der Waals surface area contributed by atoms with E-state index in [0.717, 1.165) is 30.8 Å². The van der Waals surface area contributed by atoms with Crippen LogP contribution in [-0.2, 0) is 9.59 Å². The molecular formula is C13H18O3. The number of unbranched alkanes of at least 4 members (excludes halogenated alkanes) is 1. The molecule has 16 heavy (non-hydrogen) atoms. The Labute approximate surface area is 96.5 Å². The molecule has 0 aliphatic carbocycles. The van der Waals surface area contributed by atoms with E-state index in [2.05, 4.69) is 0 Å². The molecule has 0 aliphatic heterocycles. The Bertz CT molecular complexity index is 268. The van der Waals surface area contributed by atoms with Crippen molar-refractivity contribution in [2.45, 2.75) is 26.7 Å². The minimum absolute atomic E-state index is 0.708. The number of carbonyl (C=O) groups excluding carboxylic acids is 3. The zero-order valence-electron chi connectivity index (χ0n) is 9.76. The normalized spacial score (nSPS) is 7.38. The average molecular weight is 222 g/mol. The summed E-state index contributed by atoms with van der Waals surface area (Å²) in [5.74, 6) is 0. The Balaban J connectivity index is 0. The summed E-state index contributed by atoms with van der Waals surface area (Å²) in [6.07, 6.45) is 4.20. The predicted molar refractivity (Wildman–Crippen MR) is 64.5 cm³/mol. The smallest absolute Gasteiger partial charge is 0.150 e.